The number of imidazole rings is 1. The van der Waals surface area contributed by atoms with Gasteiger partial charge in [-0.05, 0) is 42.3 Å². The Morgan fingerprint density at radius 2 is 1.97 bits per heavy atom. The highest BCUT2D eigenvalue weighted by Gasteiger charge is 2.18. The Morgan fingerprint density at radius 3 is 2.77 bits per heavy atom. The lowest BCUT2D eigenvalue weighted by Crippen LogP contribution is -2.34. The first-order valence-electron chi connectivity index (χ1n) is 10.1. The van der Waals surface area contributed by atoms with Crippen molar-refractivity contribution in [1.29, 1.82) is 0 Å². The topological polar surface area (TPSA) is 50.1 Å². The van der Waals surface area contributed by atoms with Crippen LogP contribution in [0.5, 0.6) is 5.75 Å². The second-order valence-corrected chi connectivity index (χ2v) is 7.71. The minimum absolute atomic E-state index is 0.00300. The van der Waals surface area contributed by atoms with Gasteiger partial charge in [-0.25, -0.2) is 4.98 Å². The maximum atomic E-state index is 12.8. The number of ether oxygens (including phenoxy) is 1. The highest BCUT2D eigenvalue weighted by molar-refractivity contribution is 6.31. The van der Waals surface area contributed by atoms with E-state index in [9.17, 15) is 4.79 Å². The number of pyridine rings is 1. The van der Waals surface area contributed by atoms with Gasteiger partial charge in [0.2, 0.25) is 5.91 Å². The molecule has 0 bridgehead atoms. The fraction of sp³-hybridized carbons (Fsp3) is 0.304. The van der Waals surface area contributed by atoms with Gasteiger partial charge in [-0.1, -0.05) is 29.8 Å². The quantitative estimate of drug-likeness (QED) is 0.585. The number of rotatable bonds is 5. The molecule has 0 unspecified atom stereocenters. The van der Waals surface area contributed by atoms with E-state index in [1.165, 1.54) is 5.56 Å². The van der Waals surface area contributed by atoms with Gasteiger partial charge in [0.15, 0.2) is 5.15 Å². The predicted octanol–water partition coefficient (Wildman–Crippen LogP) is 3.74. The van der Waals surface area contributed by atoms with Crippen LogP contribution in [0.15, 0.2) is 54.7 Å². The molecule has 0 spiro atoms. The van der Waals surface area contributed by atoms with Gasteiger partial charge in [-0.3, -0.25) is 14.1 Å². The lowest BCUT2D eigenvalue weighted by molar-refractivity contribution is -0.125. The molecule has 7 heteroatoms. The van der Waals surface area contributed by atoms with Crippen LogP contribution in [0.1, 0.15) is 17.7 Å². The number of halogens is 1. The molecule has 0 aliphatic carbocycles. The monoisotopic (exact) mass is 424 g/mol. The van der Waals surface area contributed by atoms with Crippen molar-refractivity contribution in [3.05, 3.63) is 71.1 Å². The van der Waals surface area contributed by atoms with Crippen LogP contribution in [0.2, 0.25) is 5.15 Å². The number of carbonyl (C=O) groups is 1. The number of amides is 1. The molecule has 1 fully saturated rings. The number of aromatic nitrogens is 2. The van der Waals surface area contributed by atoms with Gasteiger partial charge in [0.1, 0.15) is 11.4 Å². The summed E-state index contributed by atoms with van der Waals surface area (Å²) in [6.07, 6.45) is 6.19. The third-order valence-corrected chi connectivity index (χ3v) is 5.65. The van der Waals surface area contributed by atoms with E-state index >= 15 is 0 Å². The molecule has 1 aromatic carbocycles. The summed E-state index contributed by atoms with van der Waals surface area (Å²) in [5.41, 5.74) is 2.73. The molecular formula is C23H25ClN4O2. The highest BCUT2D eigenvalue weighted by atomic mass is 35.5. The zero-order valence-electron chi connectivity index (χ0n) is 17.0. The van der Waals surface area contributed by atoms with Gasteiger partial charge >= 0.3 is 0 Å². The molecule has 1 amide bonds. The number of nitrogens with zero attached hydrogens (tertiary/aromatic N) is 4. The van der Waals surface area contributed by atoms with Crippen molar-refractivity contribution >= 4 is 29.2 Å². The Bertz CT molecular complexity index is 1050. The molecule has 1 aliphatic rings. The first-order chi connectivity index (χ1) is 14.6. The Labute approximate surface area is 181 Å². The zero-order valence-corrected chi connectivity index (χ0v) is 17.8. The summed E-state index contributed by atoms with van der Waals surface area (Å²) in [6.45, 7) is 4.16. The first-order valence-corrected chi connectivity index (χ1v) is 10.5. The number of benzene rings is 1. The molecule has 30 heavy (non-hydrogen) atoms. The molecule has 0 atom stereocenters. The van der Waals surface area contributed by atoms with Crippen molar-refractivity contribution in [3.8, 4) is 5.75 Å². The Kier molecular flexibility index (Phi) is 6.35. The second kappa shape index (κ2) is 9.32. The molecule has 6 nitrogen and oxygen atoms in total. The highest BCUT2D eigenvalue weighted by Crippen LogP contribution is 2.19. The Morgan fingerprint density at radius 1 is 1.13 bits per heavy atom. The van der Waals surface area contributed by atoms with E-state index in [0.29, 0.717) is 11.7 Å². The average molecular weight is 425 g/mol. The number of methoxy groups -OCH3 is 1. The fourth-order valence-electron chi connectivity index (χ4n) is 3.73. The van der Waals surface area contributed by atoms with E-state index in [-0.39, 0.29) is 5.91 Å². The van der Waals surface area contributed by atoms with Gasteiger partial charge in [0.25, 0.3) is 0 Å². The first kappa shape index (κ1) is 20.4. The van der Waals surface area contributed by atoms with Gasteiger partial charge < -0.3 is 9.64 Å². The molecule has 1 saturated heterocycles. The maximum Gasteiger partial charge on any atom is 0.246 e. The lowest BCUT2D eigenvalue weighted by atomic mass is 10.2. The molecular weight excluding hydrogens is 400 g/mol. The van der Waals surface area contributed by atoms with E-state index in [2.05, 4.69) is 22.0 Å². The Balaban J connectivity index is 1.37. The number of hydrogen-bond donors (Lipinski definition) is 0. The van der Waals surface area contributed by atoms with Crippen LogP contribution < -0.4 is 4.74 Å². The smallest absolute Gasteiger partial charge is 0.246 e. The maximum absolute atomic E-state index is 12.8. The molecule has 0 N–H and O–H groups in total. The van der Waals surface area contributed by atoms with E-state index in [1.807, 2.05) is 45.8 Å². The SMILES string of the molecule is COc1ccc(CN2CCCN(C(=O)/C=C/c3c(Cl)nc4ccccn34)CC2)cc1. The molecule has 3 heterocycles. The van der Waals surface area contributed by atoms with Crippen molar-refractivity contribution in [3.63, 3.8) is 0 Å². The van der Waals surface area contributed by atoms with E-state index in [4.69, 9.17) is 16.3 Å². The van der Waals surface area contributed by atoms with Crippen LogP contribution in [0.25, 0.3) is 11.7 Å². The van der Waals surface area contributed by atoms with E-state index in [1.54, 1.807) is 19.3 Å². The summed E-state index contributed by atoms with van der Waals surface area (Å²) >= 11 is 6.26. The van der Waals surface area contributed by atoms with Gasteiger partial charge in [-0.2, -0.15) is 0 Å². The summed E-state index contributed by atoms with van der Waals surface area (Å²) in [5, 5.41) is 0.395. The molecule has 4 rings (SSSR count). The van der Waals surface area contributed by atoms with Crippen LogP contribution in [-0.2, 0) is 11.3 Å². The normalized spacial score (nSPS) is 15.6. The molecule has 0 saturated carbocycles. The van der Waals surface area contributed by atoms with Crippen LogP contribution in [0, 0.1) is 0 Å². The van der Waals surface area contributed by atoms with Crippen molar-refractivity contribution < 1.29 is 9.53 Å². The molecule has 3 aromatic rings. The van der Waals surface area contributed by atoms with Gasteiger partial charge in [0, 0.05) is 45.0 Å². The average Bonchev–Trinajstić information content (AvgIpc) is 2.92. The van der Waals surface area contributed by atoms with Crippen LogP contribution >= 0.6 is 11.6 Å². The molecule has 156 valence electrons. The van der Waals surface area contributed by atoms with Crippen molar-refractivity contribution in [2.75, 3.05) is 33.3 Å². The molecule has 1 aliphatic heterocycles. The number of fused-ring (bicyclic) bond motifs is 1. The van der Waals surface area contributed by atoms with Gasteiger partial charge in [0.05, 0.1) is 12.8 Å². The molecule has 0 radical (unpaired) electrons. The van der Waals surface area contributed by atoms with Crippen LogP contribution in [0.3, 0.4) is 0 Å². The standard InChI is InChI=1S/C23H25ClN4O2/c1-30-19-8-6-18(7-9-19)17-26-12-4-13-27(16-15-26)22(29)11-10-20-23(24)25-21-5-2-3-14-28(20)21/h2-3,5-11,14H,4,12-13,15-17H2,1H3/b11-10+. The minimum Gasteiger partial charge on any atom is -0.497 e. The summed E-state index contributed by atoms with van der Waals surface area (Å²) < 4.78 is 7.10. The largest absolute Gasteiger partial charge is 0.497 e. The summed E-state index contributed by atoms with van der Waals surface area (Å²) in [6, 6.07) is 13.9. The Hall–Kier alpha value is -2.83. The van der Waals surface area contributed by atoms with E-state index in [0.717, 1.165) is 49.7 Å². The van der Waals surface area contributed by atoms with E-state index < -0.39 is 0 Å². The minimum atomic E-state index is 0.00300. The van der Waals surface area contributed by atoms with Crippen LogP contribution in [-0.4, -0.2) is 58.4 Å². The predicted molar refractivity (Wildman–Crippen MR) is 119 cm³/mol. The summed E-state index contributed by atoms with van der Waals surface area (Å²) in [7, 11) is 1.67. The second-order valence-electron chi connectivity index (χ2n) is 7.35. The third-order valence-electron chi connectivity index (χ3n) is 5.37. The third kappa shape index (κ3) is 4.66. The summed E-state index contributed by atoms with van der Waals surface area (Å²) in [5.74, 6) is 0.868. The van der Waals surface area contributed by atoms with Crippen molar-refractivity contribution in [2.45, 2.75) is 13.0 Å². The molecule has 2 aromatic heterocycles. The summed E-state index contributed by atoms with van der Waals surface area (Å²) in [4.78, 5) is 21.4. The number of hydrogen-bond acceptors (Lipinski definition) is 4. The van der Waals surface area contributed by atoms with Crippen LogP contribution in [0.4, 0.5) is 0 Å². The fourth-order valence-corrected chi connectivity index (χ4v) is 3.97. The number of carbonyl (C=O) groups excluding carboxylic acids is 1. The van der Waals surface area contributed by atoms with Crippen molar-refractivity contribution in [2.24, 2.45) is 0 Å². The van der Waals surface area contributed by atoms with Gasteiger partial charge in [-0.15, -0.1) is 0 Å². The zero-order chi connectivity index (χ0) is 20.9. The van der Waals surface area contributed by atoms with Crippen molar-refractivity contribution in [1.82, 2.24) is 19.2 Å². The lowest BCUT2D eigenvalue weighted by Gasteiger charge is -2.21.